The van der Waals surface area contributed by atoms with E-state index in [1.54, 1.807) is 36.4 Å². The smallest absolute Gasteiger partial charge is 0.278 e. The van der Waals surface area contributed by atoms with E-state index in [1.165, 1.54) is 18.3 Å². The van der Waals surface area contributed by atoms with E-state index in [1.807, 2.05) is 6.92 Å². The number of ether oxygens (including phenoxy) is 2. The van der Waals surface area contributed by atoms with Gasteiger partial charge in [0.15, 0.2) is 18.1 Å². The number of nitro benzene ring substituents is 1. The van der Waals surface area contributed by atoms with Gasteiger partial charge in [-0.3, -0.25) is 14.9 Å². The van der Waals surface area contributed by atoms with Gasteiger partial charge in [-0.15, -0.1) is 0 Å². The first kappa shape index (κ1) is 17.9. The lowest BCUT2D eigenvalue weighted by molar-refractivity contribution is -0.385. The van der Waals surface area contributed by atoms with Gasteiger partial charge in [-0.25, -0.2) is 5.43 Å². The molecule has 0 radical (unpaired) electrons. The summed E-state index contributed by atoms with van der Waals surface area (Å²) in [4.78, 5) is 22.1. The van der Waals surface area contributed by atoms with Gasteiger partial charge in [0.05, 0.1) is 23.3 Å². The van der Waals surface area contributed by atoms with Gasteiger partial charge in [0.25, 0.3) is 11.6 Å². The van der Waals surface area contributed by atoms with Gasteiger partial charge in [0, 0.05) is 6.07 Å². The highest BCUT2D eigenvalue weighted by atomic mass is 16.6. The highest BCUT2D eigenvalue weighted by Crippen LogP contribution is 2.26. The SMILES string of the molecule is CCOc1ccccc1OCC(=O)N/N=C/c1ccccc1[N+](=O)[O-]. The van der Waals surface area contributed by atoms with Crippen LogP contribution in [0.2, 0.25) is 0 Å². The molecule has 1 amide bonds. The number of nitro groups is 1. The predicted molar refractivity (Wildman–Crippen MR) is 91.9 cm³/mol. The van der Waals surface area contributed by atoms with Crippen LogP contribution in [0.1, 0.15) is 12.5 Å². The molecule has 0 atom stereocenters. The Morgan fingerprint density at radius 2 is 1.80 bits per heavy atom. The second-order valence-electron chi connectivity index (χ2n) is 4.78. The molecule has 0 aliphatic carbocycles. The Kier molecular flexibility index (Phi) is 6.47. The molecule has 2 aromatic rings. The summed E-state index contributed by atoms with van der Waals surface area (Å²) in [6, 6.07) is 13.1. The van der Waals surface area contributed by atoms with Crippen LogP contribution in [0.25, 0.3) is 0 Å². The molecular formula is C17H17N3O5. The standard InChI is InChI=1S/C17H17N3O5/c1-2-24-15-9-5-6-10-16(15)25-12-17(21)19-18-11-13-7-3-4-8-14(13)20(22)23/h3-11H,2,12H2,1H3,(H,19,21)/b18-11+. The zero-order valence-electron chi connectivity index (χ0n) is 13.5. The molecule has 130 valence electrons. The Hall–Kier alpha value is -3.42. The van der Waals surface area contributed by atoms with Crippen molar-refractivity contribution >= 4 is 17.8 Å². The summed E-state index contributed by atoms with van der Waals surface area (Å²) in [7, 11) is 0. The van der Waals surface area contributed by atoms with E-state index in [0.717, 1.165) is 0 Å². The zero-order chi connectivity index (χ0) is 18.1. The van der Waals surface area contributed by atoms with Crippen molar-refractivity contribution < 1.29 is 19.2 Å². The van der Waals surface area contributed by atoms with Crippen LogP contribution in [0.4, 0.5) is 5.69 Å². The van der Waals surface area contributed by atoms with Crippen molar-refractivity contribution in [3.8, 4) is 11.5 Å². The maximum atomic E-state index is 11.8. The first-order valence-corrected chi connectivity index (χ1v) is 7.51. The van der Waals surface area contributed by atoms with Crippen molar-refractivity contribution in [2.24, 2.45) is 5.10 Å². The summed E-state index contributed by atoms with van der Waals surface area (Å²) in [5, 5.41) is 14.6. The van der Waals surface area contributed by atoms with Crippen molar-refractivity contribution in [3.05, 3.63) is 64.2 Å². The number of nitrogens with one attached hydrogen (secondary N) is 1. The first-order valence-electron chi connectivity index (χ1n) is 7.51. The van der Waals surface area contributed by atoms with E-state index in [0.29, 0.717) is 18.1 Å². The molecule has 2 rings (SSSR count). The van der Waals surface area contributed by atoms with Gasteiger partial charge in [-0.1, -0.05) is 24.3 Å². The number of nitrogens with zero attached hydrogens (tertiary/aromatic N) is 2. The molecule has 0 spiro atoms. The largest absolute Gasteiger partial charge is 0.490 e. The molecule has 0 saturated carbocycles. The van der Waals surface area contributed by atoms with Gasteiger partial charge in [-0.05, 0) is 25.1 Å². The van der Waals surface area contributed by atoms with Crippen LogP contribution in [0, 0.1) is 10.1 Å². The summed E-state index contributed by atoms with van der Waals surface area (Å²) >= 11 is 0. The summed E-state index contributed by atoms with van der Waals surface area (Å²) in [5.74, 6) is 0.490. The van der Waals surface area contributed by atoms with E-state index in [9.17, 15) is 14.9 Å². The van der Waals surface area contributed by atoms with Crippen LogP contribution >= 0.6 is 0 Å². The van der Waals surface area contributed by atoms with E-state index >= 15 is 0 Å². The average molecular weight is 343 g/mol. The number of amides is 1. The van der Waals surface area contributed by atoms with Crippen LogP contribution in [0.5, 0.6) is 11.5 Å². The molecule has 0 aromatic heterocycles. The van der Waals surface area contributed by atoms with E-state index in [-0.39, 0.29) is 17.9 Å². The molecule has 0 bridgehead atoms. The Balaban J connectivity index is 1.90. The number of carbonyl (C=O) groups excluding carboxylic acids is 1. The third kappa shape index (κ3) is 5.31. The molecule has 0 fully saturated rings. The highest BCUT2D eigenvalue weighted by molar-refractivity contribution is 5.86. The predicted octanol–water partition coefficient (Wildman–Crippen LogP) is 2.52. The third-order valence-corrected chi connectivity index (χ3v) is 3.03. The minimum absolute atomic E-state index is 0.0950. The Morgan fingerprint density at radius 1 is 1.16 bits per heavy atom. The number of carbonyl (C=O) groups is 1. The van der Waals surface area contributed by atoms with Gasteiger partial charge < -0.3 is 9.47 Å². The summed E-state index contributed by atoms with van der Waals surface area (Å²) < 4.78 is 10.8. The molecule has 8 heteroatoms. The molecule has 0 aliphatic heterocycles. The van der Waals surface area contributed by atoms with Crippen LogP contribution in [0.15, 0.2) is 53.6 Å². The molecule has 25 heavy (non-hydrogen) atoms. The summed E-state index contributed by atoms with van der Waals surface area (Å²) in [6.07, 6.45) is 1.21. The zero-order valence-corrected chi connectivity index (χ0v) is 13.5. The lowest BCUT2D eigenvalue weighted by atomic mass is 10.2. The molecule has 0 saturated heterocycles. The molecule has 2 aromatic carbocycles. The van der Waals surface area contributed by atoms with Gasteiger partial charge in [0.2, 0.25) is 0 Å². The van der Waals surface area contributed by atoms with Crippen molar-refractivity contribution in [3.63, 3.8) is 0 Å². The second-order valence-corrected chi connectivity index (χ2v) is 4.78. The quantitative estimate of drug-likeness (QED) is 0.451. The number of hydrogen-bond donors (Lipinski definition) is 1. The first-order chi connectivity index (χ1) is 12.1. The van der Waals surface area contributed by atoms with Gasteiger partial charge in [-0.2, -0.15) is 5.10 Å². The van der Waals surface area contributed by atoms with Crippen molar-refractivity contribution in [2.75, 3.05) is 13.2 Å². The lowest BCUT2D eigenvalue weighted by Crippen LogP contribution is -2.24. The third-order valence-electron chi connectivity index (χ3n) is 3.03. The maximum absolute atomic E-state index is 11.8. The number of rotatable bonds is 8. The fourth-order valence-electron chi connectivity index (χ4n) is 1.96. The summed E-state index contributed by atoms with van der Waals surface area (Å²) in [5.41, 5.74) is 2.45. The molecule has 0 aliphatic rings. The Morgan fingerprint density at radius 3 is 2.48 bits per heavy atom. The monoisotopic (exact) mass is 343 g/mol. The number of hydrogen-bond acceptors (Lipinski definition) is 6. The second kappa shape index (κ2) is 9.02. The maximum Gasteiger partial charge on any atom is 0.278 e. The highest BCUT2D eigenvalue weighted by Gasteiger charge is 2.10. The molecule has 0 unspecified atom stereocenters. The van der Waals surface area contributed by atoms with Crippen LogP contribution < -0.4 is 14.9 Å². The van der Waals surface area contributed by atoms with Crippen LogP contribution in [0.3, 0.4) is 0 Å². The minimum Gasteiger partial charge on any atom is -0.490 e. The van der Waals surface area contributed by atoms with Crippen molar-refractivity contribution in [1.82, 2.24) is 5.43 Å². The Bertz CT molecular complexity index is 776. The topological polar surface area (TPSA) is 103 Å². The summed E-state index contributed by atoms with van der Waals surface area (Å²) in [6.45, 7) is 2.06. The average Bonchev–Trinajstić information content (AvgIpc) is 2.61. The fourth-order valence-corrected chi connectivity index (χ4v) is 1.96. The van der Waals surface area contributed by atoms with E-state index in [2.05, 4.69) is 10.5 Å². The van der Waals surface area contributed by atoms with Crippen LogP contribution in [-0.2, 0) is 4.79 Å². The molecule has 1 N–H and O–H groups in total. The fraction of sp³-hybridized carbons (Fsp3) is 0.176. The molecule has 0 heterocycles. The lowest BCUT2D eigenvalue weighted by Gasteiger charge is -2.10. The van der Waals surface area contributed by atoms with Gasteiger partial charge >= 0.3 is 0 Å². The number of benzene rings is 2. The number of para-hydroxylation sites is 3. The Labute approximate surface area is 144 Å². The van der Waals surface area contributed by atoms with E-state index in [4.69, 9.17) is 9.47 Å². The normalized spacial score (nSPS) is 10.4. The van der Waals surface area contributed by atoms with Gasteiger partial charge in [0.1, 0.15) is 0 Å². The van der Waals surface area contributed by atoms with Crippen molar-refractivity contribution in [1.29, 1.82) is 0 Å². The molecule has 8 nitrogen and oxygen atoms in total. The minimum atomic E-state index is -0.517. The number of hydrazone groups is 1. The van der Waals surface area contributed by atoms with E-state index < -0.39 is 10.8 Å². The van der Waals surface area contributed by atoms with Crippen LogP contribution in [-0.4, -0.2) is 30.3 Å². The molecular weight excluding hydrogens is 326 g/mol. The van der Waals surface area contributed by atoms with Crippen molar-refractivity contribution in [2.45, 2.75) is 6.92 Å².